The molecule has 0 atom stereocenters. The van der Waals surface area contributed by atoms with Crippen LogP contribution in [-0.4, -0.2) is 30.9 Å². The van der Waals surface area contributed by atoms with Gasteiger partial charge in [-0.2, -0.15) is 13.2 Å². The van der Waals surface area contributed by atoms with Crippen LogP contribution in [0.25, 0.3) is 11.3 Å². The number of nitrogens with one attached hydrogen (secondary N) is 1. The fourth-order valence-corrected chi connectivity index (χ4v) is 2.86. The number of nitrogens with zero attached hydrogens (tertiary/aromatic N) is 1. The number of alkyl halides is 3. The average molecular weight is 376 g/mol. The van der Waals surface area contributed by atoms with Gasteiger partial charge in [-0.3, -0.25) is 0 Å². The van der Waals surface area contributed by atoms with Gasteiger partial charge >= 0.3 is 6.18 Å². The third-order valence-corrected chi connectivity index (χ3v) is 4.08. The van der Waals surface area contributed by atoms with Crippen LogP contribution < -0.4 is 5.32 Å². The second kappa shape index (κ2) is 7.71. The summed E-state index contributed by atoms with van der Waals surface area (Å²) in [4.78, 5) is 4.25. The highest BCUT2D eigenvalue weighted by Crippen LogP contribution is 2.33. The third-order valence-electron chi connectivity index (χ3n) is 4.08. The van der Waals surface area contributed by atoms with Crippen LogP contribution in [0.15, 0.2) is 22.6 Å². The van der Waals surface area contributed by atoms with Crippen molar-refractivity contribution in [2.75, 3.05) is 19.7 Å². The van der Waals surface area contributed by atoms with Crippen LogP contribution in [-0.2, 0) is 11.3 Å². The van der Waals surface area contributed by atoms with E-state index in [1.54, 1.807) is 0 Å². The Bertz CT molecular complexity index is 754. The highest BCUT2D eigenvalue weighted by Gasteiger charge is 2.29. The van der Waals surface area contributed by atoms with Gasteiger partial charge in [0.05, 0.1) is 12.2 Å². The molecule has 2 aromatic rings. The Balaban J connectivity index is 1.90. The molecule has 0 bridgehead atoms. The van der Waals surface area contributed by atoms with Crippen LogP contribution in [0, 0.1) is 11.6 Å². The zero-order chi connectivity index (χ0) is 18.7. The van der Waals surface area contributed by atoms with E-state index >= 15 is 0 Å². The molecule has 1 N–H and O–H groups in total. The lowest BCUT2D eigenvalue weighted by Gasteiger charge is -2.19. The lowest BCUT2D eigenvalue weighted by molar-refractivity contribution is -0.176. The summed E-state index contributed by atoms with van der Waals surface area (Å²) >= 11 is 0. The standard InChI is InChI=1S/C17H17F5N2O2/c18-11-1-2-12(13(19)7-11)15-14(8-25-9-17(20,21)22)24-16(26-15)10-3-5-23-6-4-10/h1-2,7,10,23H,3-6,8-9H2. The smallest absolute Gasteiger partial charge is 0.411 e. The molecule has 1 fully saturated rings. The van der Waals surface area contributed by atoms with Crippen molar-refractivity contribution in [3.8, 4) is 11.3 Å². The molecule has 4 nitrogen and oxygen atoms in total. The SMILES string of the molecule is Fc1ccc(-c2oc(C3CCNCC3)nc2COCC(F)(F)F)c(F)c1. The molecule has 3 rings (SSSR count). The maximum Gasteiger partial charge on any atom is 0.411 e. The van der Waals surface area contributed by atoms with Crippen LogP contribution in [0.1, 0.15) is 30.3 Å². The van der Waals surface area contributed by atoms with E-state index in [0.29, 0.717) is 12.0 Å². The predicted molar refractivity (Wildman–Crippen MR) is 82.4 cm³/mol. The van der Waals surface area contributed by atoms with Crippen LogP contribution in [0.4, 0.5) is 22.0 Å². The van der Waals surface area contributed by atoms with Crippen molar-refractivity contribution in [1.29, 1.82) is 0 Å². The molecule has 0 unspecified atom stereocenters. The topological polar surface area (TPSA) is 47.3 Å². The summed E-state index contributed by atoms with van der Waals surface area (Å²) in [5.41, 5.74) is -0.00187. The molecule has 26 heavy (non-hydrogen) atoms. The molecule has 1 aliphatic rings. The minimum atomic E-state index is -4.48. The summed E-state index contributed by atoms with van der Waals surface area (Å²) in [7, 11) is 0. The molecule has 1 saturated heterocycles. The van der Waals surface area contributed by atoms with Gasteiger partial charge in [-0.1, -0.05) is 0 Å². The van der Waals surface area contributed by atoms with Crippen molar-refractivity contribution in [1.82, 2.24) is 10.3 Å². The maximum absolute atomic E-state index is 14.1. The van der Waals surface area contributed by atoms with Crippen LogP contribution in [0.2, 0.25) is 0 Å². The third kappa shape index (κ3) is 4.59. The van der Waals surface area contributed by atoms with E-state index in [0.717, 1.165) is 32.0 Å². The predicted octanol–water partition coefficient (Wildman–Crippen LogP) is 4.17. The van der Waals surface area contributed by atoms with Gasteiger partial charge in [0.15, 0.2) is 11.7 Å². The normalized spacial score (nSPS) is 16.2. The number of oxazole rings is 1. The molecule has 2 heterocycles. The van der Waals surface area contributed by atoms with Crippen molar-refractivity contribution >= 4 is 0 Å². The fraction of sp³-hybridized carbons (Fsp3) is 0.471. The number of halogens is 5. The van der Waals surface area contributed by atoms with E-state index in [4.69, 9.17) is 4.42 Å². The number of benzene rings is 1. The molecule has 0 amide bonds. The number of piperidine rings is 1. The van der Waals surface area contributed by atoms with E-state index in [-0.39, 0.29) is 22.9 Å². The number of ether oxygens (including phenoxy) is 1. The highest BCUT2D eigenvalue weighted by molar-refractivity contribution is 5.60. The lowest BCUT2D eigenvalue weighted by Crippen LogP contribution is -2.26. The molecule has 0 spiro atoms. The monoisotopic (exact) mass is 376 g/mol. The molecular formula is C17H17F5N2O2. The molecular weight excluding hydrogens is 359 g/mol. The lowest BCUT2D eigenvalue weighted by atomic mass is 9.98. The molecule has 1 aromatic carbocycles. The van der Waals surface area contributed by atoms with E-state index < -0.39 is 31.0 Å². The first-order chi connectivity index (χ1) is 12.3. The first-order valence-corrected chi connectivity index (χ1v) is 8.14. The first kappa shape index (κ1) is 18.8. The van der Waals surface area contributed by atoms with E-state index in [1.165, 1.54) is 6.07 Å². The molecule has 0 aliphatic carbocycles. The summed E-state index contributed by atoms with van der Waals surface area (Å²) in [6.07, 6.45) is -2.99. The Labute approximate surface area is 146 Å². The number of aromatic nitrogens is 1. The molecule has 1 aliphatic heterocycles. The quantitative estimate of drug-likeness (QED) is 0.796. The van der Waals surface area contributed by atoms with Gasteiger partial charge in [0.25, 0.3) is 0 Å². The van der Waals surface area contributed by atoms with Crippen LogP contribution >= 0.6 is 0 Å². The Morgan fingerprint density at radius 3 is 2.58 bits per heavy atom. The summed E-state index contributed by atoms with van der Waals surface area (Å²) in [6, 6.07) is 2.90. The van der Waals surface area contributed by atoms with Crippen molar-refractivity contribution in [2.45, 2.75) is 31.5 Å². The van der Waals surface area contributed by atoms with Crippen molar-refractivity contribution < 1.29 is 31.1 Å². The second-order valence-electron chi connectivity index (χ2n) is 6.08. The van der Waals surface area contributed by atoms with E-state index in [1.807, 2.05) is 0 Å². The number of hydrogen-bond acceptors (Lipinski definition) is 4. The van der Waals surface area contributed by atoms with E-state index in [9.17, 15) is 22.0 Å². The molecule has 142 valence electrons. The first-order valence-electron chi connectivity index (χ1n) is 8.14. The second-order valence-corrected chi connectivity index (χ2v) is 6.08. The van der Waals surface area contributed by atoms with Gasteiger partial charge in [-0.05, 0) is 38.1 Å². The Morgan fingerprint density at radius 1 is 1.19 bits per heavy atom. The summed E-state index contributed by atoms with van der Waals surface area (Å²) in [6.45, 7) is -0.422. The van der Waals surface area contributed by atoms with E-state index in [2.05, 4.69) is 15.0 Å². The Morgan fingerprint density at radius 2 is 1.92 bits per heavy atom. The van der Waals surface area contributed by atoms with Crippen molar-refractivity contribution in [3.63, 3.8) is 0 Å². The molecule has 0 saturated carbocycles. The zero-order valence-corrected chi connectivity index (χ0v) is 13.7. The Kier molecular flexibility index (Phi) is 5.57. The van der Waals surface area contributed by atoms with Gasteiger partial charge in [0.1, 0.15) is 23.9 Å². The average Bonchev–Trinajstić information content (AvgIpc) is 2.98. The Hall–Kier alpha value is -2.00. The van der Waals surface area contributed by atoms with Crippen molar-refractivity contribution in [2.24, 2.45) is 0 Å². The molecule has 9 heteroatoms. The van der Waals surface area contributed by atoms with Gasteiger partial charge in [0, 0.05) is 12.0 Å². The largest absolute Gasteiger partial charge is 0.440 e. The summed E-state index contributed by atoms with van der Waals surface area (Å²) < 4.78 is 74.5. The zero-order valence-electron chi connectivity index (χ0n) is 13.7. The molecule has 1 aromatic heterocycles. The fourth-order valence-electron chi connectivity index (χ4n) is 2.86. The number of hydrogen-bond donors (Lipinski definition) is 1. The summed E-state index contributed by atoms with van der Waals surface area (Å²) in [5, 5.41) is 3.18. The minimum Gasteiger partial charge on any atom is -0.440 e. The summed E-state index contributed by atoms with van der Waals surface area (Å²) in [5.74, 6) is -1.36. The van der Waals surface area contributed by atoms with Gasteiger partial charge in [0.2, 0.25) is 0 Å². The highest BCUT2D eigenvalue weighted by atomic mass is 19.4. The van der Waals surface area contributed by atoms with Gasteiger partial charge in [-0.25, -0.2) is 13.8 Å². The van der Waals surface area contributed by atoms with Crippen molar-refractivity contribution in [3.05, 3.63) is 41.4 Å². The maximum atomic E-state index is 14.1. The van der Waals surface area contributed by atoms with Gasteiger partial charge in [-0.15, -0.1) is 0 Å². The molecule has 0 radical (unpaired) electrons. The van der Waals surface area contributed by atoms with Crippen LogP contribution in [0.5, 0.6) is 0 Å². The minimum absolute atomic E-state index is 0.0186. The number of rotatable bonds is 5. The van der Waals surface area contributed by atoms with Gasteiger partial charge < -0.3 is 14.5 Å². The van der Waals surface area contributed by atoms with Crippen LogP contribution in [0.3, 0.4) is 0 Å².